The molecule has 78 valence electrons. The molecule has 0 N–H and O–H groups in total. The van der Waals surface area contributed by atoms with E-state index < -0.39 is 6.43 Å². The summed E-state index contributed by atoms with van der Waals surface area (Å²) in [6.07, 6.45) is -2.37. The van der Waals surface area contributed by atoms with E-state index in [0.717, 1.165) is 5.56 Å². The smallest absolute Gasteiger partial charge is 0.205 e. The van der Waals surface area contributed by atoms with Crippen molar-refractivity contribution in [3.63, 3.8) is 0 Å². The van der Waals surface area contributed by atoms with Crippen molar-refractivity contribution in [2.45, 2.75) is 33.1 Å². The zero-order valence-electron chi connectivity index (χ0n) is 8.80. The first-order chi connectivity index (χ1) is 6.52. The first-order valence-electron chi connectivity index (χ1n) is 4.90. The topological polar surface area (TPSA) is 0 Å². The molecule has 0 saturated heterocycles. The van der Waals surface area contributed by atoms with Crippen LogP contribution < -0.4 is 0 Å². The second kappa shape index (κ2) is 4.54. The number of hydrogen-bond acceptors (Lipinski definition) is 0. The molecule has 0 saturated carbocycles. The van der Waals surface area contributed by atoms with Crippen molar-refractivity contribution in [2.24, 2.45) is 5.92 Å². The Morgan fingerprint density at radius 1 is 1.00 bits per heavy atom. The molecule has 0 heterocycles. The van der Waals surface area contributed by atoms with Crippen LogP contribution in [0, 0.1) is 5.92 Å². The van der Waals surface area contributed by atoms with Crippen molar-refractivity contribution >= 4 is 0 Å². The lowest BCUT2D eigenvalue weighted by atomic mass is 9.89. The molecule has 0 radical (unpaired) electrons. The molecule has 0 nitrogen and oxygen atoms in total. The van der Waals surface area contributed by atoms with Gasteiger partial charge in [-0.15, -0.1) is 0 Å². The summed E-state index contributed by atoms with van der Waals surface area (Å²) in [5, 5.41) is 0. The van der Waals surface area contributed by atoms with Crippen LogP contribution in [0.5, 0.6) is 0 Å². The molecule has 1 aromatic rings. The third-order valence-corrected chi connectivity index (χ3v) is 2.69. The van der Waals surface area contributed by atoms with Crippen molar-refractivity contribution in [2.75, 3.05) is 0 Å². The molecule has 1 rings (SSSR count). The van der Waals surface area contributed by atoms with Crippen LogP contribution in [0.4, 0.5) is 8.78 Å². The minimum atomic E-state index is -2.37. The van der Waals surface area contributed by atoms with E-state index in [2.05, 4.69) is 20.8 Å². The summed E-state index contributed by atoms with van der Waals surface area (Å²) in [5.74, 6) is 0.802. The number of rotatable bonds is 3. The summed E-state index contributed by atoms with van der Waals surface area (Å²) >= 11 is 0. The molecule has 1 atom stereocenters. The molecule has 0 spiro atoms. The number of halogens is 2. The molecule has 0 aliphatic heterocycles. The molecule has 0 fully saturated rings. The van der Waals surface area contributed by atoms with Crippen LogP contribution in [0.3, 0.4) is 0 Å². The molecule has 0 aliphatic carbocycles. The Labute approximate surface area is 84.0 Å². The SMILES string of the molecule is CC(C)C(C)c1cccc(C(F)F)c1. The van der Waals surface area contributed by atoms with Crippen molar-refractivity contribution in [1.82, 2.24) is 0 Å². The van der Waals surface area contributed by atoms with Crippen molar-refractivity contribution < 1.29 is 8.78 Å². The normalized spacial score (nSPS) is 13.6. The summed E-state index contributed by atoms with van der Waals surface area (Å²) in [7, 11) is 0. The summed E-state index contributed by atoms with van der Waals surface area (Å²) in [5.41, 5.74) is 1.12. The average molecular weight is 198 g/mol. The Kier molecular flexibility index (Phi) is 3.62. The maximum absolute atomic E-state index is 12.4. The zero-order valence-corrected chi connectivity index (χ0v) is 8.80. The van der Waals surface area contributed by atoms with Crippen molar-refractivity contribution in [3.05, 3.63) is 35.4 Å². The Balaban J connectivity index is 2.93. The second-order valence-corrected chi connectivity index (χ2v) is 4.00. The van der Waals surface area contributed by atoms with E-state index in [1.807, 2.05) is 6.07 Å². The predicted octanol–water partition coefficient (Wildman–Crippen LogP) is 4.38. The highest BCUT2D eigenvalue weighted by Gasteiger charge is 2.12. The molecule has 1 unspecified atom stereocenters. The van der Waals surface area contributed by atoms with Crippen molar-refractivity contribution in [3.8, 4) is 0 Å². The van der Waals surface area contributed by atoms with Crippen LogP contribution in [0.1, 0.15) is 44.2 Å². The van der Waals surface area contributed by atoms with Gasteiger partial charge in [-0.3, -0.25) is 0 Å². The highest BCUT2D eigenvalue weighted by atomic mass is 19.3. The number of benzene rings is 1. The summed E-state index contributed by atoms with van der Waals surface area (Å²) in [6.45, 7) is 6.26. The van der Waals surface area contributed by atoms with E-state index in [4.69, 9.17) is 0 Å². The van der Waals surface area contributed by atoms with Gasteiger partial charge in [0.15, 0.2) is 0 Å². The van der Waals surface area contributed by atoms with Gasteiger partial charge in [0.2, 0.25) is 0 Å². The first-order valence-corrected chi connectivity index (χ1v) is 4.90. The van der Waals surface area contributed by atoms with Gasteiger partial charge >= 0.3 is 0 Å². The molecule has 0 aromatic heterocycles. The van der Waals surface area contributed by atoms with Gasteiger partial charge in [-0.25, -0.2) is 8.78 Å². The molecule has 2 heteroatoms. The van der Waals surface area contributed by atoms with Crippen LogP contribution in [-0.2, 0) is 0 Å². The average Bonchev–Trinajstić information content (AvgIpc) is 2.16. The Hall–Kier alpha value is -0.920. The zero-order chi connectivity index (χ0) is 10.7. The van der Waals surface area contributed by atoms with Crippen LogP contribution >= 0.6 is 0 Å². The maximum Gasteiger partial charge on any atom is 0.263 e. The minimum absolute atomic E-state index is 0.120. The van der Waals surface area contributed by atoms with E-state index in [1.165, 1.54) is 6.07 Å². The third-order valence-electron chi connectivity index (χ3n) is 2.69. The van der Waals surface area contributed by atoms with E-state index in [9.17, 15) is 8.78 Å². The monoisotopic (exact) mass is 198 g/mol. The van der Waals surface area contributed by atoms with Crippen LogP contribution in [0.2, 0.25) is 0 Å². The number of alkyl halides is 2. The van der Waals surface area contributed by atoms with E-state index in [-0.39, 0.29) is 5.56 Å². The standard InChI is InChI=1S/C12H16F2/c1-8(2)9(3)10-5-4-6-11(7-10)12(13)14/h4-9,12H,1-3H3. The van der Waals surface area contributed by atoms with Gasteiger partial charge in [0.25, 0.3) is 6.43 Å². The largest absolute Gasteiger partial charge is 0.263 e. The van der Waals surface area contributed by atoms with Gasteiger partial charge in [0.1, 0.15) is 0 Å². The fraction of sp³-hybridized carbons (Fsp3) is 0.500. The van der Waals surface area contributed by atoms with Crippen LogP contribution in [-0.4, -0.2) is 0 Å². The fourth-order valence-electron chi connectivity index (χ4n) is 1.36. The quantitative estimate of drug-likeness (QED) is 0.676. The first kappa shape index (κ1) is 11.2. The Morgan fingerprint density at radius 3 is 2.07 bits per heavy atom. The van der Waals surface area contributed by atoms with Crippen LogP contribution in [0.25, 0.3) is 0 Å². The second-order valence-electron chi connectivity index (χ2n) is 4.00. The minimum Gasteiger partial charge on any atom is -0.205 e. The fourth-order valence-corrected chi connectivity index (χ4v) is 1.36. The Bertz CT molecular complexity index is 292. The van der Waals surface area contributed by atoms with E-state index in [1.54, 1.807) is 12.1 Å². The van der Waals surface area contributed by atoms with Gasteiger partial charge in [-0.05, 0) is 23.5 Å². The lowest BCUT2D eigenvalue weighted by molar-refractivity contribution is 0.151. The van der Waals surface area contributed by atoms with Gasteiger partial charge < -0.3 is 0 Å². The maximum atomic E-state index is 12.4. The molecular weight excluding hydrogens is 182 g/mol. The lowest BCUT2D eigenvalue weighted by Gasteiger charge is -2.16. The van der Waals surface area contributed by atoms with E-state index in [0.29, 0.717) is 11.8 Å². The molecule has 0 bridgehead atoms. The van der Waals surface area contributed by atoms with Gasteiger partial charge in [0, 0.05) is 5.56 Å². The van der Waals surface area contributed by atoms with Gasteiger partial charge in [-0.2, -0.15) is 0 Å². The highest BCUT2D eigenvalue weighted by Crippen LogP contribution is 2.27. The summed E-state index contributed by atoms with van der Waals surface area (Å²) in [6, 6.07) is 6.70. The molecule has 0 aliphatic rings. The molecule has 14 heavy (non-hydrogen) atoms. The third kappa shape index (κ3) is 2.53. The lowest BCUT2D eigenvalue weighted by Crippen LogP contribution is -2.02. The number of hydrogen-bond donors (Lipinski definition) is 0. The molecule has 0 amide bonds. The Morgan fingerprint density at radius 2 is 1.57 bits per heavy atom. The molecule has 1 aromatic carbocycles. The van der Waals surface area contributed by atoms with Gasteiger partial charge in [-0.1, -0.05) is 39.0 Å². The van der Waals surface area contributed by atoms with Gasteiger partial charge in [0.05, 0.1) is 0 Å². The highest BCUT2D eigenvalue weighted by molar-refractivity contribution is 5.27. The molecular formula is C12H16F2. The van der Waals surface area contributed by atoms with Crippen LogP contribution in [0.15, 0.2) is 24.3 Å². The predicted molar refractivity (Wildman–Crippen MR) is 54.7 cm³/mol. The van der Waals surface area contributed by atoms with Crippen molar-refractivity contribution in [1.29, 1.82) is 0 Å². The van der Waals surface area contributed by atoms with E-state index >= 15 is 0 Å². The summed E-state index contributed by atoms with van der Waals surface area (Å²) < 4.78 is 24.8. The summed E-state index contributed by atoms with van der Waals surface area (Å²) in [4.78, 5) is 0.